The van der Waals surface area contributed by atoms with E-state index in [2.05, 4.69) is 103 Å². The van der Waals surface area contributed by atoms with Gasteiger partial charge >= 0.3 is 0 Å². The number of likely N-dealkylation sites (N-methyl/N-ethyl adjacent to an activating group) is 2. The summed E-state index contributed by atoms with van der Waals surface area (Å²) in [5.41, 5.74) is 0.218. The third-order valence-corrected chi connectivity index (χ3v) is 10.8. The Hall–Kier alpha value is -1.18. The molecule has 2 aliphatic heterocycles. The number of likely N-dealkylation sites (tertiary alicyclic amines) is 2. The van der Waals surface area contributed by atoms with Crippen molar-refractivity contribution < 1.29 is 0 Å². The molecule has 224 valence electrons. The van der Waals surface area contributed by atoms with Crippen LogP contribution < -0.4 is 9.80 Å². The van der Waals surface area contributed by atoms with Crippen LogP contribution in [0.15, 0.2) is 0 Å². The van der Waals surface area contributed by atoms with Gasteiger partial charge in [-0.05, 0) is 120 Å². The van der Waals surface area contributed by atoms with E-state index in [4.69, 9.17) is 26.6 Å². The van der Waals surface area contributed by atoms with E-state index in [-0.39, 0.29) is 34.2 Å². The number of nitrogens with zero attached hydrogens (tertiary/aromatic N) is 7. The van der Waals surface area contributed by atoms with Crippen LogP contribution >= 0.6 is 11.6 Å². The largest absolute Gasteiger partial charge is 0.336 e. The molecule has 2 fully saturated rings. The van der Waals surface area contributed by atoms with Crippen LogP contribution in [0, 0.1) is 0 Å². The average Bonchev–Trinajstić information content (AvgIpc) is 2.84. The van der Waals surface area contributed by atoms with Crippen LogP contribution in [0.5, 0.6) is 0 Å². The second-order valence-electron chi connectivity index (χ2n) is 14.5. The zero-order valence-electron chi connectivity index (χ0n) is 27.2. The summed E-state index contributed by atoms with van der Waals surface area (Å²) in [5, 5.41) is 0.294. The molecule has 0 N–H and O–H groups in total. The molecule has 0 amide bonds. The Balaban J connectivity index is 2.07. The molecule has 8 heteroatoms. The topological polar surface area (TPSA) is 51.6 Å². The zero-order valence-corrected chi connectivity index (χ0v) is 28.0. The summed E-state index contributed by atoms with van der Waals surface area (Å²) in [5.74, 6) is 1.46. The van der Waals surface area contributed by atoms with Gasteiger partial charge in [0.25, 0.3) is 0 Å². The molecule has 7 nitrogen and oxygen atoms in total. The minimum atomic E-state index is -0.0453. The summed E-state index contributed by atoms with van der Waals surface area (Å²) in [4.78, 5) is 24.8. The minimum absolute atomic E-state index is 0.0453. The van der Waals surface area contributed by atoms with Crippen LogP contribution in [0.25, 0.3) is 0 Å². The lowest BCUT2D eigenvalue weighted by atomic mass is 9.76. The normalized spacial score (nSPS) is 26.4. The van der Waals surface area contributed by atoms with Gasteiger partial charge in [-0.2, -0.15) is 15.0 Å². The molecular weight excluding hydrogens is 506 g/mol. The summed E-state index contributed by atoms with van der Waals surface area (Å²) in [7, 11) is 4.54. The standard InChI is InChI=1S/C31H58ClN7/c1-13-15-21-38(23-17-19-28(3,4)36(11)30(23,7)8)26-33-25(32)34-27(35-26)39(22-16-14-2)24-18-20-29(5,6)37(12)31(24,9)10/h23-24H,13-22H2,1-12H3. The van der Waals surface area contributed by atoms with Crippen LogP contribution in [0.2, 0.25) is 5.28 Å². The molecular formula is C31H58ClN7. The number of anilines is 2. The van der Waals surface area contributed by atoms with Crippen molar-refractivity contribution in [3.8, 4) is 0 Å². The molecule has 3 rings (SSSR count). The highest BCUT2D eigenvalue weighted by molar-refractivity contribution is 6.28. The third kappa shape index (κ3) is 6.51. The summed E-state index contributed by atoms with van der Waals surface area (Å²) in [6, 6.07) is 0.575. The van der Waals surface area contributed by atoms with E-state index in [1.165, 1.54) is 0 Å². The number of piperidine rings is 2. The monoisotopic (exact) mass is 563 g/mol. The van der Waals surface area contributed by atoms with Crippen LogP contribution in [-0.4, -0.2) is 86.2 Å². The van der Waals surface area contributed by atoms with E-state index in [0.29, 0.717) is 5.28 Å². The number of aromatic nitrogens is 3. The highest BCUT2D eigenvalue weighted by Crippen LogP contribution is 2.42. The molecule has 0 saturated carbocycles. The van der Waals surface area contributed by atoms with E-state index >= 15 is 0 Å². The third-order valence-electron chi connectivity index (χ3n) is 10.6. The summed E-state index contributed by atoms with van der Waals surface area (Å²) < 4.78 is 0. The summed E-state index contributed by atoms with van der Waals surface area (Å²) >= 11 is 6.74. The van der Waals surface area contributed by atoms with Gasteiger partial charge in [-0.25, -0.2) is 0 Å². The van der Waals surface area contributed by atoms with Crippen molar-refractivity contribution in [2.75, 3.05) is 37.0 Å². The van der Waals surface area contributed by atoms with Gasteiger partial charge in [-0.1, -0.05) is 26.7 Å². The molecule has 2 unspecified atom stereocenters. The minimum Gasteiger partial charge on any atom is -0.336 e. The van der Waals surface area contributed by atoms with Crippen molar-refractivity contribution in [2.45, 2.75) is 155 Å². The second kappa shape index (κ2) is 12.0. The Morgan fingerprint density at radius 3 is 1.38 bits per heavy atom. The fourth-order valence-electron chi connectivity index (χ4n) is 7.14. The molecule has 0 aromatic carbocycles. The van der Waals surface area contributed by atoms with Gasteiger partial charge in [0, 0.05) is 47.3 Å². The molecule has 1 aromatic heterocycles. The van der Waals surface area contributed by atoms with Gasteiger partial charge in [0.1, 0.15) is 0 Å². The molecule has 0 radical (unpaired) electrons. The highest BCUT2D eigenvalue weighted by atomic mass is 35.5. The number of hydrogen-bond donors (Lipinski definition) is 0. The maximum absolute atomic E-state index is 6.74. The van der Waals surface area contributed by atoms with Crippen molar-refractivity contribution >= 4 is 23.5 Å². The first-order valence-electron chi connectivity index (χ1n) is 15.4. The SMILES string of the molecule is CCCCN(c1nc(Cl)nc(N(CCCC)C2CCC(C)(C)N(C)C2(C)C)n1)C1CCC(C)(C)N(C)C1(C)C. The Labute approximate surface area is 245 Å². The van der Waals surface area contributed by atoms with E-state index in [1.54, 1.807) is 0 Å². The molecule has 39 heavy (non-hydrogen) atoms. The molecule has 0 aliphatic carbocycles. The highest BCUT2D eigenvalue weighted by Gasteiger charge is 2.49. The Bertz CT molecular complexity index is 888. The van der Waals surface area contributed by atoms with Crippen LogP contribution in [0.1, 0.15) is 121 Å². The number of unbranched alkanes of at least 4 members (excludes halogenated alkanes) is 2. The fourth-order valence-corrected chi connectivity index (χ4v) is 7.29. The van der Waals surface area contributed by atoms with Crippen LogP contribution in [-0.2, 0) is 0 Å². The van der Waals surface area contributed by atoms with E-state index in [1.807, 2.05) is 0 Å². The molecule has 0 spiro atoms. The molecule has 2 atom stereocenters. The maximum atomic E-state index is 6.74. The predicted octanol–water partition coefficient (Wildman–Crippen LogP) is 7.04. The van der Waals surface area contributed by atoms with E-state index in [0.717, 1.165) is 76.4 Å². The van der Waals surface area contributed by atoms with E-state index in [9.17, 15) is 0 Å². The second-order valence-corrected chi connectivity index (χ2v) is 14.8. The quantitative estimate of drug-likeness (QED) is 0.302. The summed E-state index contributed by atoms with van der Waals surface area (Å²) in [6.45, 7) is 25.2. The Kier molecular flexibility index (Phi) is 9.93. The van der Waals surface area contributed by atoms with Gasteiger partial charge in [0.05, 0.1) is 0 Å². The van der Waals surface area contributed by atoms with E-state index < -0.39 is 0 Å². The molecule has 0 bridgehead atoms. The smallest absolute Gasteiger partial charge is 0.231 e. The predicted molar refractivity (Wildman–Crippen MR) is 167 cm³/mol. The van der Waals surface area contributed by atoms with Gasteiger partial charge in [-0.3, -0.25) is 9.80 Å². The van der Waals surface area contributed by atoms with Gasteiger partial charge < -0.3 is 9.80 Å². The van der Waals surface area contributed by atoms with Crippen LogP contribution in [0.3, 0.4) is 0 Å². The molecule has 2 aliphatic rings. The first kappa shape index (κ1) is 32.3. The maximum Gasteiger partial charge on any atom is 0.231 e. The van der Waals surface area contributed by atoms with Crippen molar-refractivity contribution in [1.29, 1.82) is 0 Å². The van der Waals surface area contributed by atoms with Crippen LogP contribution in [0.4, 0.5) is 11.9 Å². The van der Waals surface area contributed by atoms with Crippen molar-refractivity contribution in [2.24, 2.45) is 0 Å². The zero-order chi connectivity index (χ0) is 29.4. The number of halogens is 1. The fraction of sp³-hybridized carbons (Fsp3) is 0.903. The lowest BCUT2D eigenvalue weighted by molar-refractivity contribution is -0.0193. The first-order valence-corrected chi connectivity index (χ1v) is 15.8. The van der Waals surface area contributed by atoms with Crippen molar-refractivity contribution in [3.63, 3.8) is 0 Å². The van der Waals surface area contributed by atoms with Crippen molar-refractivity contribution in [1.82, 2.24) is 24.8 Å². The molecule has 1 aromatic rings. The first-order chi connectivity index (χ1) is 18.0. The molecule has 3 heterocycles. The van der Waals surface area contributed by atoms with Gasteiger partial charge in [0.2, 0.25) is 17.2 Å². The number of hydrogen-bond acceptors (Lipinski definition) is 7. The van der Waals surface area contributed by atoms with Gasteiger partial charge in [-0.15, -0.1) is 0 Å². The Morgan fingerprint density at radius 2 is 1.05 bits per heavy atom. The Morgan fingerprint density at radius 1 is 0.692 bits per heavy atom. The number of rotatable bonds is 10. The average molecular weight is 564 g/mol. The molecule has 2 saturated heterocycles. The summed E-state index contributed by atoms with van der Waals surface area (Å²) in [6.07, 6.45) is 8.89. The lowest BCUT2D eigenvalue weighted by Gasteiger charge is -2.58. The van der Waals surface area contributed by atoms with Crippen molar-refractivity contribution in [3.05, 3.63) is 5.28 Å². The van der Waals surface area contributed by atoms with Gasteiger partial charge in [0.15, 0.2) is 0 Å². The lowest BCUT2D eigenvalue weighted by Crippen LogP contribution is -2.67.